The van der Waals surface area contributed by atoms with E-state index < -0.39 is 0 Å². The zero-order chi connectivity index (χ0) is 10.7. The van der Waals surface area contributed by atoms with Crippen molar-refractivity contribution < 1.29 is 14.3 Å². The average molecular weight is 212 g/mol. The molecule has 0 bridgehead atoms. The zero-order valence-electron chi connectivity index (χ0n) is 8.70. The van der Waals surface area contributed by atoms with E-state index in [4.69, 9.17) is 4.74 Å². The van der Waals surface area contributed by atoms with Crippen molar-refractivity contribution in [2.45, 2.75) is 12.8 Å². The van der Waals surface area contributed by atoms with Crippen LogP contribution in [0, 0.1) is 5.92 Å². The summed E-state index contributed by atoms with van der Waals surface area (Å²) in [6, 6.07) is 0. The van der Waals surface area contributed by atoms with Crippen LogP contribution in [0.3, 0.4) is 0 Å². The van der Waals surface area contributed by atoms with Crippen LogP contribution in [0.15, 0.2) is 0 Å². The van der Waals surface area contributed by atoms with Gasteiger partial charge in [0.1, 0.15) is 0 Å². The molecule has 0 aromatic rings. The van der Waals surface area contributed by atoms with Crippen LogP contribution in [-0.4, -0.2) is 49.6 Å². The number of nitrogens with zero attached hydrogens (tertiary/aromatic N) is 1. The number of ether oxygens (including phenoxy) is 1. The number of carbonyl (C=O) groups is 2. The predicted molar refractivity (Wildman–Crippen MR) is 53.1 cm³/mol. The summed E-state index contributed by atoms with van der Waals surface area (Å²) in [6.45, 7) is 2.64. The smallest absolute Gasteiger partial charge is 0.243 e. The first-order valence-electron chi connectivity index (χ1n) is 5.39. The number of piperazine rings is 1. The molecule has 2 aliphatic heterocycles. The second-order valence-electron chi connectivity index (χ2n) is 4.06. The molecule has 0 atom stereocenters. The minimum Gasteiger partial charge on any atom is -0.381 e. The fourth-order valence-electron chi connectivity index (χ4n) is 2.00. The highest BCUT2D eigenvalue weighted by Crippen LogP contribution is 2.16. The Hall–Kier alpha value is -0.940. The molecule has 0 radical (unpaired) electrons. The molecule has 2 saturated heterocycles. The Morgan fingerprint density at radius 1 is 1.20 bits per heavy atom. The highest BCUT2D eigenvalue weighted by atomic mass is 16.5. The Kier molecular flexibility index (Phi) is 3.33. The van der Waals surface area contributed by atoms with Gasteiger partial charge in [-0.15, -0.1) is 0 Å². The predicted octanol–water partition coefficient (Wildman–Crippen LogP) is -0.629. The van der Waals surface area contributed by atoms with Gasteiger partial charge >= 0.3 is 0 Å². The van der Waals surface area contributed by atoms with E-state index in [1.165, 1.54) is 4.90 Å². The summed E-state index contributed by atoms with van der Waals surface area (Å²) in [5.41, 5.74) is 0. The van der Waals surface area contributed by atoms with Crippen LogP contribution in [0.5, 0.6) is 0 Å². The van der Waals surface area contributed by atoms with Gasteiger partial charge in [0.05, 0.1) is 13.1 Å². The molecule has 0 aromatic carbocycles. The van der Waals surface area contributed by atoms with Crippen molar-refractivity contribution in [1.29, 1.82) is 0 Å². The molecule has 0 aliphatic carbocycles. The van der Waals surface area contributed by atoms with Crippen LogP contribution < -0.4 is 5.32 Å². The van der Waals surface area contributed by atoms with Crippen molar-refractivity contribution in [3.8, 4) is 0 Å². The van der Waals surface area contributed by atoms with E-state index in [1.54, 1.807) is 0 Å². The van der Waals surface area contributed by atoms with E-state index >= 15 is 0 Å². The first kappa shape index (κ1) is 10.6. The Balaban J connectivity index is 1.90. The van der Waals surface area contributed by atoms with Crippen molar-refractivity contribution >= 4 is 11.8 Å². The lowest BCUT2D eigenvalue weighted by atomic mass is 9.99. The number of rotatable bonds is 2. The molecule has 0 spiro atoms. The van der Waals surface area contributed by atoms with E-state index in [2.05, 4.69) is 5.32 Å². The van der Waals surface area contributed by atoms with Gasteiger partial charge < -0.3 is 4.74 Å². The Bertz CT molecular complexity index is 245. The number of carbonyl (C=O) groups excluding carboxylic acids is 2. The largest absolute Gasteiger partial charge is 0.381 e. The number of imide groups is 1. The molecule has 2 amide bonds. The first-order chi connectivity index (χ1) is 7.27. The average Bonchev–Trinajstić information content (AvgIpc) is 2.25. The molecule has 2 rings (SSSR count). The third kappa shape index (κ3) is 2.54. The van der Waals surface area contributed by atoms with Gasteiger partial charge in [-0.25, -0.2) is 0 Å². The van der Waals surface area contributed by atoms with Gasteiger partial charge in [0.2, 0.25) is 11.8 Å². The fourth-order valence-corrected chi connectivity index (χ4v) is 2.00. The standard InChI is InChI=1S/C10H16N2O3/c13-9-5-11-6-10(14)12(9)7-8-1-3-15-4-2-8/h8,11H,1-7H2. The lowest BCUT2D eigenvalue weighted by Gasteiger charge is -2.31. The lowest BCUT2D eigenvalue weighted by Crippen LogP contribution is -2.53. The molecule has 2 heterocycles. The minimum absolute atomic E-state index is 0.0993. The van der Waals surface area contributed by atoms with Crippen LogP contribution in [0.2, 0.25) is 0 Å². The summed E-state index contributed by atoms with van der Waals surface area (Å²) < 4.78 is 5.24. The fraction of sp³-hybridized carbons (Fsp3) is 0.800. The van der Waals surface area contributed by atoms with Crippen LogP contribution in [0.4, 0.5) is 0 Å². The van der Waals surface area contributed by atoms with E-state index in [1.807, 2.05) is 0 Å². The Morgan fingerprint density at radius 3 is 2.40 bits per heavy atom. The third-order valence-corrected chi connectivity index (χ3v) is 2.94. The van der Waals surface area contributed by atoms with Crippen LogP contribution >= 0.6 is 0 Å². The first-order valence-corrected chi connectivity index (χ1v) is 5.39. The number of hydrogen-bond acceptors (Lipinski definition) is 4. The summed E-state index contributed by atoms with van der Waals surface area (Å²) in [7, 11) is 0. The maximum atomic E-state index is 11.5. The quantitative estimate of drug-likeness (QED) is 0.619. The van der Waals surface area contributed by atoms with E-state index in [0.717, 1.165) is 26.1 Å². The van der Waals surface area contributed by atoms with Crippen LogP contribution in [0.25, 0.3) is 0 Å². The normalized spacial score (nSPS) is 24.7. The van der Waals surface area contributed by atoms with E-state index in [-0.39, 0.29) is 24.9 Å². The monoisotopic (exact) mass is 212 g/mol. The topological polar surface area (TPSA) is 58.6 Å². The molecule has 0 aromatic heterocycles. The number of nitrogens with one attached hydrogen (secondary N) is 1. The Labute approximate surface area is 88.8 Å². The molecule has 5 heteroatoms. The SMILES string of the molecule is O=C1CNCC(=O)N1CC1CCOCC1. The Morgan fingerprint density at radius 2 is 1.80 bits per heavy atom. The number of amides is 2. The van der Waals surface area contributed by atoms with Gasteiger partial charge in [0.25, 0.3) is 0 Å². The molecule has 84 valence electrons. The lowest BCUT2D eigenvalue weighted by molar-refractivity contribution is -0.147. The molecule has 0 unspecified atom stereocenters. The zero-order valence-corrected chi connectivity index (χ0v) is 8.70. The van der Waals surface area contributed by atoms with E-state index in [0.29, 0.717) is 12.5 Å². The maximum Gasteiger partial charge on any atom is 0.243 e. The molecule has 1 N–H and O–H groups in total. The summed E-state index contributed by atoms with van der Waals surface area (Å²) in [4.78, 5) is 24.4. The van der Waals surface area contributed by atoms with Crippen molar-refractivity contribution in [3.63, 3.8) is 0 Å². The van der Waals surface area contributed by atoms with Crippen molar-refractivity contribution in [1.82, 2.24) is 10.2 Å². The highest BCUT2D eigenvalue weighted by molar-refractivity contribution is 5.99. The van der Waals surface area contributed by atoms with Crippen molar-refractivity contribution in [2.75, 3.05) is 32.8 Å². The van der Waals surface area contributed by atoms with E-state index in [9.17, 15) is 9.59 Å². The summed E-state index contributed by atoms with van der Waals surface area (Å²) in [6.07, 6.45) is 1.90. The van der Waals surface area contributed by atoms with Gasteiger partial charge in [0, 0.05) is 19.8 Å². The molecular formula is C10H16N2O3. The minimum atomic E-state index is -0.0993. The van der Waals surface area contributed by atoms with Crippen LogP contribution in [-0.2, 0) is 14.3 Å². The number of hydrogen-bond donors (Lipinski definition) is 1. The summed E-state index contributed by atoms with van der Waals surface area (Å²) in [5, 5.41) is 2.79. The third-order valence-electron chi connectivity index (χ3n) is 2.94. The highest BCUT2D eigenvalue weighted by Gasteiger charge is 2.28. The van der Waals surface area contributed by atoms with Crippen molar-refractivity contribution in [3.05, 3.63) is 0 Å². The summed E-state index contributed by atoms with van der Waals surface area (Å²) in [5.74, 6) is 0.222. The molecule has 2 fully saturated rings. The molecule has 15 heavy (non-hydrogen) atoms. The van der Waals surface area contributed by atoms with Crippen LogP contribution in [0.1, 0.15) is 12.8 Å². The van der Waals surface area contributed by atoms with Gasteiger partial charge in [-0.05, 0) is 18.8 Å². The second-order valence-corrected chi connectivity index (χ2v) is 4.06. The summed E-state index contributed by atoms with van der Waals surface area (Å²) >= 11 is 0. The van der Waals surface area contributed by atoms with Crippen molar-refractivity contribution in [2.24, 2.45) is 5.92 Å². The second kappa shape index (κ2) is 4.72. The molecular weight excluding hydrogens is 196 g/mol. The molecule has 5 nitrogen and oxygen atoms in total. The van der Waals surface area contributed by atoms with Gasteiger partial charge in [-0.1, -0.05) is 0 Å². The molecule has 0 saturated carbocycles. The van der Waals surface area contributed by atoms with Gasteiger partial charge in [-0.3, -0.25) is 19.8 Å². The van der Waals surface area contributed by atoms with Gasteiger partial charge in [-0.2, -0.15) is 0 Å². The van der Waals surface area contributed by atoms with Gasteiger partial charge in [0.15, 0.2) is 0 Å². The molecule has 2 aliphatic rings. The maximum absolute atomic E-state index is 11.5.